The lowest BCUT2D eigenvalue weighted by molar-refractivity contribution is -0.137. The van der Waals surface area contributed by atoms with Gasteiger partial charge in [0.2, 0.25) is 0 Å². The summed E-state index contributed by atoms with van der Waals surface area (Å²) in [6.07, 6.45) is 3.07. The highest BCUT2D eigenvalue weighted by Gasteiger charge is 2.07. The van der Waals surface area contributed by atoms with Crippen LogP contribution in [-0.4, -0.2) is 44.0 Å². The van der Waals surface area contributed by atoms with Gasteiger partial charge in [-0.3, -0.25) is 14.6 Å². The molecule has 110 valence electrons. The molecule has 3 N–H and O–H groups in total. The number of carboxylic acid groups (broad SMARTS) is 1. The van der Waals surface area contributed by atoms with Crippen LogP contribution in [0.15, 0.2) is 24.5 Å². The molecule has 1 amide bonds. The molecule has 0 atom stereocenters. The first kappa shape index (κ1) is 14.4. The number of carbonyl (C=O) groups is 2. The highest BCUT2D eigenvalue weighted by molar-refractivity contribution is 5.92. The minimum Gasteiger partial charge on any atom is -0.480 e. The second-order valence-corrected chi connectivity index (χ2v) is 4.16. The molecule has 2 heterocycles. The van der Waals surface area contributed by atoms with Crippen molar-refractivity contribution in [2.75, 3.05) is 12.4 Å². The van der Waals surface area contributed by atoms with Crippen LogP contribution in [0, 0.1) is 0 Å². The molecule has 0 aliphatic heterocycles. The summed E-state index contributed by atoms with van der Waals surface area (Å²) < 4.78 is 1.24. The number of carbonyl (C=O) groups excluding carboxylic acids is 1. The fraction of sp³-hybridized carbons (Fsp3) is 0.250. The van der Waals surface area contributed by atoms with E-state index in [4.69, 9.17) is 5.11 Å². The average molecular weight is 290 g/mol. The molecule has 2 aromatic heterocycles. The van der Waals surface area contributed by atoms with Gasteiger partial charge in [-0.05, 0) is 12.1 Å². The van der Waals surface area contributed by atoms with Gasteiger partial charge in [-0.1, -0.05) is 5.21 Å². The summed E-state index contributed by atoms with van der Waals surface area (Å²) in [4.78, 5) is 26.0. The van der Waals surface area contributed by atoms with Gasteiger partial charge in [-0.15, -0.1) is 5.10 Å². The Balaban J connectivity index is 1.98. The molecule has 0 saturated heterocycles. The van der Waals surface area contributed by atoms with Crippen molar-refractivity contribution in [1.82, 2.24) is 25.3 Å². The van der Waals surface area contributed by atoms with E-state index < -0.39 is 5.97 Å². The molecular formula is C12H14N6O3. The number of aliphatic carboxylic acids is 1. The van der Waals surface area contributed by atoms with Gasteiger partial charge in [0.1, 0.15) is 17.9 Å². The van der Waals surface area contributed by atoms with Crippen molar-refractivity contribution in [3.8, 4) is 0 Å². The topological polar surface area (TPSA) is 122 Å². The van der Waals surface area contributed by atoms with Crippen LogP contribution in [-0.2, 0) is 17.9 Å². The number of rotatable bonds is 6. The van der Waals surface area contributed by atoms with Crippen molar-refractivity contribution in [2.24, 2.45) is 0 Å². The third kappa shape index (κ3) is 4.00. The monoisotopic (exact) mass is 290 g/mol. The van der Waals surface area contributed by atoms with E-state index in [2.05, 4.69) is 25.9 Å². The molecule has 0 fully saturated rings. The van der Waals surface area contributed by atoms with E-state index in [0.717, 1.165) is 0 Å². The first-order chi connectivity index (χ1) is 10.1. The van der Waals surface area contributed by atoms with Crippen LogP contribution < -0.4 is 10.6 Å². The van der Waals surface area contributed by atoms with Crippen LogP contribution in [0.1, 0.15) is 16.2 Å². The molecule has 2 aromatic rings. The van der Waals surface area contributed by atoms with Crippen LogP contribution >= 0.6 is 0 Å². The van der Waals surface area contributed by atoms with Gasteiger partial charge in [0, 0.05) is 18.9 Å². The molecule has 0 radical (unpaired) electrons. The molecule has 9 heteroatoms. The average Bonchev–Trinajstić information content (AvgIpc) is 2.91. The number of nitrogens with zero attached hydrogens (tertiary/aromatic N) is 4. The standard InChI is InChI=1S/C12H14N6O3/c1-13-12(21)10-4-8(2-3-14-10)15-5-9-6-18(17-16-9)7-11(19)20/h2-4,6H,5,7H2,1H3,(H,13,21)(H,14,15)(H,19,20). The molecule has 0 unspecified atom stereocenters. The van der Waals surface area contributed by atoms with Crippen molar-refractivity contribution >= 4 is 17.6 Å². The first-order valence-corrected chi connectivity index (χ1v) is 6.11. The Bertz CT molecular complexity index is 654. The number of pyridine rings is 1. The molecule has 0 bridgehead atoms. The van der Waals surface area contributed by atoms with Gasteiger partial charge < -0.3 is 15.7 Å². The Morgan fingerprint density at radius 2 is 2.24 bits per heavy atom. The SMILES string of the molecule is CNC(=O)c1cc(NCc2cn(CC(=O)O)nn2)ccn1. The smallest absolute Gasteiger partial charge is 0.325 e. The van der Waals surface area contributed by atoms with E-state index in [0.29, 0.717) is 23.6 Å². The third-order valence-corrected chi connectivity index (χ3v) is 2.58. The van der Waals surface area contributed by atoms with Crippen molar-refractivity contribution in [2.45, 2.75) is 13.1 Å². The first-order valence-electron chi connectivity index (χ1n) is 6.11. The van der Waals surface area contributed by atoms with E-state index in [9.17, 15) is 9.59 Å². The summed E-state index contributed by atoms with van der Waals surface area (Å²) in [5, 5.41) is 21.7. The van der Waals surface area contributed by atoms with Gasteiger partial charge in [0.15, 0.2) is 0 Å². The van der Waals surface area contributed by atoms with E-state index in [1.165, 1.54) is 17.9 Å². The summed E-state index contributed by atoms with van der Waals surface area (Å²) in [7, 11) is 1.53. The molecule has 0 aliphatic rings. The summed E-state index contributed by atoms with van der Waals surface area (Å²) in [6, 6.07) is 3.33. The predicted molar refractivity (Wildman–Crippen MR) is 72.6 cm³/mol. The van der Waals surface area contributed by atoms with E-state index in [1.807, 2.05) is 0 Å². The zero-order chi connectivity index (χ0) is 15.2. The van der Waals surface area contributed by atoms with Crippen LogP contribution in [0.25, 0.3) is 0 Å². The Morgan fingerprint density at radius 1 is 1.43 bits per heavy atom. The Hall–Kier alpha value is -2.97. The minimum absolute atomic E-state index is 0.233. The number of anilines is 1. The van der Waals surface area contributed by atoms with Gasteiger partial charge in [0.25, 0.3) is 5.91 Å². The molecule has 2 rings (SSSR count). The van der Waals surface area contributed by atoms with Crippen molar-refractivity contribution in [3.63, 3.8) is 0 Å². The lowest BCUT2D eigenvalue weighted by Crippen LogP contribution is -2.19. The Labute approximate surface area is 120 Å². The Kier molecular flexibility index (Phi) is 4.44. The van der Waals surface area contributed by atoms with Crippen LogP contribution in [0.4, 0.5) is 5.69 Å². The zero-order valence-corrected chi connectivity index (χ0v) is 11.3. The molecular weight excluding hydrogens is 276 g/mol. The normalized spacial score (nSPS) is 10.1. The maximum absolute atomic E-state index is 11.5. The lowest BCUT2D eigenvalue weighted by atomic mass is 10.3. The predicted octanol–water partition coefficient (Wildman–Crippen LogP) is -0.271. The van der Waals surface area contributed by atoms with E-state index in [-0.39, 0.29) is 12.5 Å². The van der Waals surface area contributed by atoms with Crippen LogP contribution in [0.3, 0.4) is 0 Å². The number of hydrogen-bond acceptors (Lipinski definition) is 6. The van der Waals surface area contributed by atoms with Gasteiger partial charge in [0.05, 0.1) is 12.7 Å². The van der Waals surface area contributed by atoms with Crippen LogP contribution in [0.2, 0.25) is 0 Å². The van der Waals surface area contributed by atoms with Crippen LogP contribution in [0.5, 0.6) is 0 Å². The maximum atomic E-state index is 11.5. The molecule has 0 saturated carbocycles. The van der Waals surface area contributed by atoms with Crippen molar-refractivity contribution < 1.29 is 14.7 Å². The summed E-state index contributed by atoms with van der Waals surface area (Å²) in [6.45, 7) is 0.125. The molecule has 0 spiro atoms. The van der Waals surface area contributed by atoms with E-state index >= 15 is 0 Å². The van der Waals surface area contributed by atoms with Gasteiger partial charge in [-0.25, -0.2) is 4.68 Å². The molecule has 0 aliphatic carbocycles. The van der Waals surface area contributed by atoms with Gasteiger partial charge >= 0.3 is 5.97 Å². The largest absolute Gasteiger partial charge is 0.480 e. The fourth-order valence-corrected chi connectivity index (χ4v) is 1.62. The Morgan fingerprint density at radius 3 is 2.95 bits per heavy atom. The van der Waals surface area contributed by atoms with Crippen molar-refractivity contribution in [1.29, 1.82) is 0 Å². The molecule has 9 nitrogen and oxygen atoms in total. The van der Waals surface area contributed by atoms with Gasteiger partial charge in [-0.2, -0.15) is 0 Å². The summed E-state index contributed by atoms with van der Waals surface area (Å²) in [5.74, 6) is -1.25. The molecule has 0 aromatic carbocycles. The summed E-state index contributed by atoms with van der Waals surface area (Å²) in [5.41, 5.74) is 1.60. The number of carboxylic acids is 1. The summed E-state index contributed by atoms with van der Waals surface area (Å²) >= 11 is 0. The highest BCUT2D eigenvalue weighted by atomic mass is 16.4. The minimum atomic E-state index is -0.983. The fourth-order valence-electron chi connectivity index (χ4n) is 1.62. The quantitative estimate of drug-likeness (QED) is 0.669. The lowest BCUT2D eigenvalue weighted by Gasteiger charge is -2.05. The zero-order valence-electron chi connectivity index (χ0n) is 11.3. The van der Waals surface area contributed by atoms with E-state index in [1.54, 1.807) is 18.3 Å². The number of amides is 1. The maximum Gasteiger partial charge on any atom is 0.325 e. The second-order valence-electron chi connectivity index (χ2n) is 4.16. The molecule has 21 heavy (non-hydrogen) atoms. The third-order valence-electron chi connectivity index (χ3n) is 2.58. The number of hydrogen-bond donors (Lipinski definition) is 3. The second kappa shape index (κ2) is 6.46. The highest BCUT2D eigenvalue weighted by Crippen LogP contribution is 2.09. The number of nitrogens with one attached hydrogen (secondary N) is 2. The van der Waals surface area contributed by atoms with Crippen molar-refractivity contribution in [3.05, 3.63) is 35.9 Å². The number of aromatic nitrogens is 4.